The summed E-state index contributed by atoms with van der Waals surface area (Å²) < 4.78 is 25.7. The van der Waals surface area contributed by atoms with Crippen LogP contribution in [0.15, 0.2) is 40.9 Å². The van der Waals surface area contributed by atoms with E-state index in [2.05, 4.69) is 15.9 Å². The fourth-order valence-corrected chi connectivity index (χ4v) is 2.90. The van der Waals surface area contributed by atoms with E-state index in [4.69, 9.17) is 15.2 Å². The lowest BCUT2D eigenvalue weighted by atomic mass is 9.93. The maximum Gasteiger partial charge on any atom is 0.165 e. The van der Waals surface area contributed by atoms with Gasteiger partial charge in [0.2, 0.25) is 0 Å². The Labute approximate surface area is 131 Å². The second-order valence-electron chi connectivity index (χ2n) is 5.02. The van der Waals surface area contributed by atoms with Crippen LogP contribution >= 0.6 is 15.9 Å². The molecule has 0 spiro atoms. The van der Waals surface area contributed by atoms with Gasteiger partial charge in [0, 0.05) is 22.5 Å². The lowest BCUT2D eigenvalue weighted by Gasteiger charge is -2.30. The van der Waals surface area contributed by atoms with Crippen LogP contribution in [0.3, 0.4) is 0 Å². The second-order valence-corrected chi connectivity index (χ2v) is 5.94. The molecule has 0 saturated heterocycles. The Hall–Kier alpha value is -1.59. The SMILES string of the molecule is COc1ccc(C2C[C@H](N)c3ccc(Br)cc3O2)cc1F. The largest absolute Gasteiger partial charge is 0.494 e. The predicted octanol–water partition coefficient (Wildman–Crippen LogP) is 4.12. The first-order valence-electron chi connectivity index (χ1n) is 6.63. The lowest BCUT2D eigenvalue weighted by Crippen LogP contribution is -2.24. The zero-order chi connectivity index (χ0) is 15.0. The van der Waals surface area contributed by atoms with Gasteiger partial charge < -0.3 is 15.2 Å². The van der Waals surface area contributed by atoms with Crippen LogP contribution in [0.25, 0.3) is 0 Å². The summed E-state index contributed by atoms with van der Waals surface area (Å²) in [6.45, 7) is 0. The van der Waals surface area contributed by atoms with E-state index in [1.54, 1.807) is 6.07 Å². The molecule has 110 valence electrons. The van der Waals surface area contributed by atoms with Crippen LogP contribution in [0, 0.1) is 5.82 Å². The molecule has 0 aliphatic carbocycles. The topological polar surface area (TPSA) is 44.5 Å². The predicted molar refractivity (Wildman–Crippen MR) is 82.0 cm³/mol. The fraction of sp³-hybridized carbons (Fsp3) is 0.250. The Morgan fingerprint density at radius 2 is 2.10 bits per heavy atom. The molecule has 2 aromatic carbocycles. The van der Waals surface area contributed by atoms with Crippen LogP contribution in [-0.4, -0.2) is 7.11 Å². The summed E-state index contributed by atoms with van der Waals surface area (Å²) >= 11 is 3.42. The first kappa shape index (κ1) is 14.4. The van der Waals surface area contributed by atoms with Crippen LogP contribution in [0.1, 0.15) is 29.7 Å². The Morgan fingerprint density at radius 3 is 2.81 bits per heavy atom. The zero-order valence-electron chi connectivity index (χ0n) is 11.5. The maximum absolute atomic E-state index is 13.8. The van der Waals surface area contributed by atoms with Crippen LogP contribution in [0.4, 0.5) is 4.39 Å². The molecular formula is C16H15BrFNO2. The van der Waals surface area contributed by atoms with E-state index in [0.717, 1.165) is 21.3 Å². The number of halogens is 2. The Kier molecular flexibility index (Phi) is 3.87. The van der Waals surface area contributed by atoms with E-state index >= 15 is 0 Å². The molecule has 0 radical (unpaired) electrons. The smallest absolute Gasteiger partial charge is 0.165 e. The summed E-state index contributed by atoms with van der Waals surface area (Å²) in [4.78, 5) is 0. The summed E-state index contributed by atoms with van der Waals surface area (Å²) in [5.41, 5.74) is 7.94. The molecule has 21 heavy (non-hydrogen) atoms. The van der Waals surface area contributed by atoms with Gasteiger partial charge in [-0.05, 0) is 29.8 Å². The van der Waals surface area contributed by atoms with E-state index in [1.165, 1.54) is 13.2 Å². The highest BCUT2D eigenvalue weighted by molar-refractivity contribution is 9.10. The maximum atomic E-state index is 13.8. The molecule has 1 aliphatic rings. The van der Waals surface area contributed by atoms with Crippen LogP contribution in [0.5, 0.6) is 11.5 Å². The standard InChI is InChI=1S/C16H15BrFNO2/c1-20-14-5-2-9(6-12(14)18)15-8-13(19)11-4-3-10(17)7-16(11)21-15/h2-7,13,15H,8,19H2,1H3/t13-,15?/m0/s1. The highest BCUT2D eigenvalue weighted by Gasteiger charge is 2.27. The molecule has 5 heteroatoms. The molecule has 0 saturated carbocycles. The van der Waals surface area contributed by atoms with Gasteiger partial charge in [-0.25, -0.2) is 4.39 Å². The number of rotatable bonds is 2. The van der Waals surface area contributed by atoms with E-state index in [-0.39, 0.29) is 17.9 Å². The zero-order valence-corrected chi connectivity index (χ0v) is 13.1. The second kappa shape index (κ2) is 5.66. The van der Waals surface area contributed by atoms with Crippen molar-refractivity contribution in [1.82, 2.24) is 0 Å². The molecular weight excluding hydrogens is 337 g/mol. The normalized spacial score (nSPS) is 20.6. The average Bonchev–Trinajstić information content (AvgIpc) is 2.46. The number of hydrogen-bond donors (Lipinski definition) is 1. The summed E-state index contributed by atoms with van der Waals surface area (Å²) in [6, 6.07) is 10.5. The van der Waals surface area contributed by atoms with E-state index in [9.17, 15) is 4.39 Å². The summed E-state index contributed by atoms with van der Waals surface area (Å²) in [6.07, 6.45) is 0.350. The number of hydrogen-bond acceptors (Lipinski definition) is 3. The molecule has 1 heterocycles. The summed E-state index contributed by atoms with van der Waals surface area (Å²) in [5, 5.41) is 0. The Morgan fingerprint density at radius 1 is 1.29 bits per heavy atom. The van der Waals surface area contributed by atoms with Gasteiger partial charge in [-0.3, -0.25) is 0 Å². The minimum absolute atomic E-state index is 0.128. The molecule has 2 atom stereocenters. The van der Waals surface area contributed by atoms with Crippen molar-refractivity contribution in [2.24, 2.45) is 5.73 Å². The van der Waals surface area contributed by atoms with Gasteiger partial charge in [0.25, 0.3) is 0 Å². The molecule has 2 aromatic rings. The number of fused-ring (bicyclic) bond motifs is 1. The quantitative estimate of drug-likeness (QED) is 0.884. The summed E-state index contributed by atoms with van der Waals surface area (Å²) in [5.74, 6) is 0.568. The highest BCUT2D eigenvalue weighted by Crippen LogP contribution is 2.41. The minimum atomic E-state index is -0.396. The number of nitrogens with two attached hydrogens (primary N) is 1. The van der Waals surface area contributed by atoms with Crippen molar-refractivity contribution in [2.45, 2.75) is 18.6 Å². The third kappa shape index (κ3) is 2.76. The van der Waals surface area contributed by atoms with E-state index in [1.807, 2.05) is 24.3 Å². The van der Waals surface area contributed by atoms with Crippen molar-refractivity contribution in [2.75, 3.05) is 7.11 Å². The molecule has 1 aliphatic heterocycles. The van der Waals surface area contributed by atoms with Crippen molar-refractivity contribution < 1.29 is 13.9 Å². The van der Waals surface area contributed by atoms with Crippen molar-refractivity contribution in [3.8, 4) is 11.5 Å². The number of methoxy groups -OCH3 is 1. The van der Waals surface area contributed by atoms with Gasteiger partial charge in [0.15, 0.2) is 11.6 Å². The Bertz CT molecular complexity index is 677. The van der Waals surface area contributed by atoms with Gasteiger partial charge in [0.1, 0.15) is 11.9 Å². The minimum Gasteiger partial charge on any atom is -0.494 e. The Balaban J connectivity index is 1.93. The molecule has 3 nitrogen and oxygen atoms in total. The van der Waals surface area contributed by atoms with Crippen LogP contribution in [-0.2, 0) is 0 Å². The van der Waals surface area contributed by atoms with Crippen molar-refractivity contribution in [3.63, 3.8) is 0 Å². The van der Waals surface area contributed by atoms with Crippen LogP contribution in [0.2, 0.25) is 0 Å². The van der Waals surface area contributed by atoms with Crippen LogP contribution < -0.4 is 15.2 Å². The molecule has 1 unspecified atom stereocenters. The summed E-state index contributed by atoms with van der Waals surface area (Å²) in [7, 11) is 1.44. The third-order valence-electron chi connectivity index (χ3n) is 3.66. The van der Waals surface area contributed by atoms with Gasteiger partial charge in [-0.2, -0.15) is 0 Å². The van der Waals surface area contributed by atoms with E-state index < -0.39 is 5.82 Å². The molecule has 0 bridgehead atoms. The first-order valence-corrected chi connectivity index (χ1v) is 7.43. The third-order valence-corrected chi connectivity index (χ3v) is 4.15. The van der Waals surface area contributed by atoms with Gasteiger partial charge in [-0.1, -0.05) is 28.1 Å². The molecule has 0 amide bonds. The van der Waals surface area contributed by atoms with E-state index in [0.29, 0.717) is 6.42 Å². The van der Waals surface area contributed by atoms with Gasteiger partial charge in [0.05, 0.1) is 7.11 Å². The first-order chi connectivity index (χ1) is 10.1. The van der Waals surface area contributed by atoms with Crippen molar-refractivity contribution in [3.05, 3.63) is 57.8 Å². The fourth-order valence-electron chi connectivity index (χ4n) is 2.56. The van der Waals surface area contributed by atoms with Gasteiger partial charge >= 0.3 is 0 Å². The van der Waals surface area contributed by atoms with Crippen molar-refractivity contribution in [1.29, 1.82) is 0 Å². The molecule has 3 rings (SSSR count). The monoisotopic (exact) mass is 351 g/mol. The lowest BCUT2D eigenvalue weighted by molar-refractivity contribution is 0.161. The molecule has 0 fully saturated rings. The van der Waals surface area contributed by atoms with Crippen molar-refractivity contribution >= 4 is 15.9 Å². The number of benzene rings is 2. The van der Waals surface area contributed by atoms with Gasteiger partial charge in [-0.15, -0.1) is 0 Å². The number of ether oxygens (including phenoxy) is 2. The average molecular weight is 352 g/mol. The highest BCUT2D eigenvalue weighted by atomic mass is 79.9. The molecule has 0 aromatic heterocycles. The molecule has 2 N–H and O–H groups in total.